The summed E-state index contributed by atoms with van der Waals surface area (Å²) in [5.41, 5.74) is 7.48. The number of amides is 2. The second-order valence-corrected chi connectivity index (χ2v) is 9.70. The lowest BCUT2D eigenvalue weighted by Crippen LogP contribution is -2.42. The van der Waals surface area contributed by atoms with Crippen LogP contribution in [0.1, 0.15) is 56.5 Å². The lowest BCUT2D eigenvalue weighted by molar-refractivity contribution is 0.195. The van der Waals surface area contributed by atoms with Gasteiger partial charge in [0, 0.05) is 22.0 Å². The highest BCUT2D eigenvalue weighted by molar-refractivity contribution is 7.12. The Hall–Kier alpha value is -2.59. The van der Waals surface area contributed by atoms with Gasteiger partial charge in [-0.3, -0.25) is 0 Å². The number of carbonyl (C=O) groups is 1. The van der Waals surface area contributed by atoms with Crippen LogP contribution in [-0.4, -0.2) is 17.5 Å². The van der Waals surface area contributed by atoms with Gasteiger partial charge in [-0.1, -0.05) is 42.5 Å². The number of thiophene rings is 1. The number of urea groups is 1. The molecule has 154 valence electrons. The molecule has 3 nitrogen and oxygen atoms in total. The number of rotatable bonds is 2. The number of nitrogens with zero attached hydrogens (tertiary/aromatic N) is 1. The van der Waals surface area contributed by atoms with Gasteiger partial charge in [-0.15, -0.1) is 11.3 Å². The maximum absolute atomic E-state index is 13.5. The molecule has 3 aromatic rings. The summed E-state index contributed by atoms with van der Waals surface area (Å²) in [4.78, 5) is 18.5. The standard InChI is InChI=1S/C26H28N2OS/c1-17-12-13-18(2)22(16-17)27-26(29)28-15-14-21-20-10-6-7-11-23(20)30-25(21)24(28)19-8-4-3-5-9-19/h3-5,8-9,12-13,16,24H,6-7,10-11,14-15H2,1-2H3,(H,27,29). The molecule has 1 aliphatic carbocycles. The second kappa shape index (κ2) is 7.92. The molecule has 0 fully saturated rings. The van der Waals surface area contributed by atoms with Crippen LogP contribution in [0.4, 0.5) is 10.5 Å². The summed E-state index contributed by atoms with van der Waals surface area (Å²) in [5.74, 6) is 0. The average molecular weight is 417 g/mol. The summed E-state index contributed by atoms with van der Waals surface area (Å²) < 4.78 is 0. The van der Waals surface area contributed by atoms with E-state index in [9.17, 15) is 4.79 Å². The topological polar surface area (TPSA) is 32.3 Å². The third-order valence-electron chi connectivity index (χ3n) is 6.49. The zero-order chi connectivity index (χ0) is 20.7. The molecule has 1 aliphatic heterocycles. The van der Waals surface area contributed by atoms with Crippen molar-refractivity contribution in [3.8, 4) is 0 Å². The van der Waals surface area contributed by atoms with Crippen molar-refractivity contribution in [3.63, 3.8) is 0 Å². The summed E-state index contributed by atoms with van der Waals surface area (Å²) >= 11 is 1.95. The zero-order valence-electron chi connectivity index (χ0n) is 17.7. The van der Waals surface area contributed by atoms with Crippen molar-refractivity contribution in [2.75, 3.05) is 11.9 Å². The van der Waals surface area contributed by atoms with E-state index in [0.29, 0.717) is 0 Å². The average Bonchev–Trinajstić information content (AvgIpc) is 3.15. The minimum atomic E-state index is -0.00502. The molecule has 2 aromatic carbocycles. The molecule has 1 aromatic heterocycles. The van der Waals surface area contributed by atoms with E-state index in [1.54, 1.807) is 10.4 Å². The maximum Gasteiger partial charge on any atom is 0.322 e. The molecule has 4 heteroatoms. The first-order chi connectivity index (χ1) is 14.6. The summed E-state index contributed by atoms with van der Waals surface area (Å²) in [5, 5.41) is 3.20. The largest absolute Gasteiger partial charge is 0.322 e. The van der Waals surface area contributed by atoms with E-state index in [-0.39, 0.29) is 12.1 Å². The molecule has 0 spiro atoms. The lowest BCUT2D eigenvalue weighted by Gasteiger charge is -2.36. The first kappa shape index (κ1) is 19.4. The number of nitrogens with one attached hydrogen (secondary N) is 1. The molecule has 30 heavy (non-hydrogen) atoms. The van der Waals surface area contributed by atoms with Gasteiger partial charge in [-0.05, 0) is 79.8 Å². The van der Waals surface area contributed by atoms with Crippen LogP contribution in [0.2, 0.25) is 0 Å². The monoisotopic (exact) mass is 416 g/mol. The highest BCUT2D eigenvalue weighted by Gasteiger charge is 2.36. The molecule has 0 radical (unpaired) electrons. The summed E-state index contributed by atoms with van der Waals surface area (Å²) in [6.45, 7) is 4.86. The predicted octanol–water partition coefficient (Wildman–Crippen LogP) is 6.42. The predicted molar refractivity (Wildman–Crippen MR) is 125 cm³/mol. The zero-order valence-corrected chi connectivity index (χ0v) is 18.5. The van der Waals surface area contributed by atoms with Gasteiger partial charge in [0.15, 0.2) is 0 Å². The molecule has 1 unspecified atom stereocenters. The molecular formula is C26H28N2OS. The van der Waals surface area contributed by atoms with Gasteiger partial charge in [0.1, 0.15) is 0 Å². The molecular weight excluding hydrogens is 388 g/mol. The van der Waals surface area contributed by atoms with Crippen molar-refractivity contribution in [3.05, 3.63) is 86.1 Å². The number of benzene rings is 2. The van der Waals surface area contributed by atoms with E-state index in [1.165, 1.54) is 41.7 Å². The maximum atomic E-state index is 13.5. The molecule has 1 N–H and O–H groups in total. The van der Waals surface area contributed by atoms with Gasteiger partial charge in [0.25, 0.3) is 0 Å². The Morgan fingerprint density at radius 3 is 2.63 bits per heavy atom. The molecule has 0 bridgehead atoms. The Balaban J connectivity index is 1.53. The minimum absolute atomic E-state index is 0.00401. The molecule has 0 saturated carbocycles. The van der Waals surface area contributed by atoms with Gasteiger partial charge in [0.05, 0.1) is 6.04 Å². The van der Waals surface area contributed by atoms with Crippen molar-refractivity contribution in [1.29, 1.82) is 0 Å². The van der Waals surface area contributed by atoms with Gasteiger partial charge in [0.2, 0.25) is 0 Å². The van der Waals surface area contributed by atoms with Crippen molar-refractivity contribution >= 4 is 23.1 Å². The van der Waals surface area contributed by atoms with Crippen LogP contribution >= 0.6 is 11.3 Å². The number of hydrogen-bond donors (Lipinski definition) is 1. The lowest BCUT2D eigenvalue weighted by atomic mass is 9.88. The van der Waals surface area contributed by atoms with Crippen LogP contribution in [0, 0.1) is 13.8 Å². The van der Waals surface area contributed by atoms with E-state index in [2.05, 4.69) is 54.7 Å². The normalized spacial score (nSPS) is 17.9. The van der Waals surface area contributed by atoms with E-state index >= 15 is 0 Å². The second-order valence-electron chi connectivity index (χ2n) is 8.56. The highest BCUT2D eigenvalue weighted by atomic mass is 32.1. The van der Waals surface area contributed by atoms with Crippen LogP contribution in [-0.2, 0) is 19.3 Å². The molecule has 0 saturated heterocycles. The SMILES string of the molecule is Cc1ccc(C)c(NC(=O)N2CCc3c(sc4c3CCCC4)C2c2ccccc2)c1. The van der Waals surface area contributed by atoms with Crippen LogP contribution < -0.4 is 5.32 Å². The molecule has 2 amide bonds. The minimum Gasteiger partial charge on any atom is -0.312 e. The van der Waals surface area contributed by atoms with E-state index in [0.717, 1.165) is 29.8 Å². The fraction of sp³-hybridized carbons (Fsp3) is 0.346. The third kappa shape index (κ3) is 3.43. The molecule has 2 aliphatic rings. The third-order valence-corrected chi connectivity index (χ3v) is 7.87. The van der Waals surface area contributed by atoms with Crippen molar-refractivity contribution < 1.29 is 4.79 Å². The Morgan fingerprint density at radius 2 is 1.80 bits per heavy atom. The van der Waals surface area contributed by atoms with E-state index in [1.807, 2.05) is 29.2 Å². The van der Waals surface area contributed by atoms with Gasteiger partial charge < -0.3 is 10.2 Å². The van der Waals surface area contributed by atoms with E-state index < -0.39 is 0 Å². The Bertz CT molecular complexity index is 1090. The first-order valence-corrected chi connectivity index (χ1v) is 11.8. The van der Waals surface area contributed by atoms with Crippen LogP contribution in [0.5, 0.6) is 0 Å². The number of hydrogen-bond acceptors (Lipinski definition) is 2. The fourth-order valence-corrected chi connectivity index (χ4v) is 6.48. The Morgan fingerprint density at radius 1 is 1.00 bits per heavy atom. The van der Waals surface area contributed by atoms with Gasteiger partial charge in [-0.25, -0.2) is 4.79 Å². The molecule has 1 atom stereocenters. The van der Waals surface area contributed by atoms with Gasteiger partial charge in [-0.2, -0.15) is 0 Å². The van der Waals surface area contributed by atoms with Crippen molar-refractivity contribution in [2.24, 2.45) is 0 Å². The number of carbonyl (C=O) groups excluding carboxylic acids is 1. The fourth-order valence-electron chi connectivity index (χ4n) is 4.89. The van der Waals surface area contributed by atoms with Crippen LogP contribution in [0.15, 0.2) is 48.5 Å². The van der Waals surface area contributed by atoms with Crippen molar-refractivity contribution in [1.82, 2.24) is 4.90 Å². The quantitative estimate of drug-likeness (QED) is 0.513. The van der Waals surface area contributed by atoms with Crippen molar-refractivity contribution in [2.45, 2.75) is 52.0 Å². The number of anilines is 1. The highest BCUT2D eigenvalue weighted by Crippen LogP contribution is 2.45. The smallest absolute Gasteiger partial charge is 0.312 e. The molecule has 2 heterocycles. The Kier molecular flexibility index (Phi) is 5.11. The van der Waals surface area contributed by atoms with Gasteiger partial charge >= 0.3 is 6.03 Å². The van der Waals surface area contributed by atoms with E-state index in [4.69, 9.17) is 0 Å². The molecule has 5 rings (SSSR count). The first-order valence-electron chi connectivity index (χ1n) is 10.9. The summed E-state index contributed by atoms with van der Waals surface area (Å²) in [6.07, 6.45) is 5.95. The number of aryl methyl sites for hydroxylation is 3. The van der Waals surface area contributed by atoms with Crippen LogP contribution in [0.3, 0.4) is 0 Å². The van der Waals surface area contributed by atoms with Crippen LogP contribution in [0.25, 0.3) is 0 Å². The summed E-state index contributed by atoms with van der Waals surface area (Å²) in [7, 11) is 0. The Labute approximate surface area is 182 Å². The number of fused-ring (bicyclic) bond motifs is 3. The summed E-state index contributed by atoms with van der Waals surface area (Å²) in [6, 6.07) is 16.7.